The summed E-state index contributed by atoms with van der Waals surface area (Å²) in [6, 6.07) is 0. The van der Waals surface area contributed by atoms with Crippen molar-refractivity contribution in [1.29, 1.82) is 0 Å². The Bertz CT molecular complexity index is 225. The second kappa shape index (κ2) is 8.13. The van der Waals surface area contributed by atoms with Gasteiger partial charge in [-0.25, -0.2) is 0 Å². The van der Waals surface area contributed by atoms with Crippen molar-refractivity contribution in [3.05, 3.63) is 12.7 Å². The SMILES string of the molecule is C=CCCOCCN=C(N)N1CCOCC1. The quantitative estimate of drug-likeness (QED) is 0.305. The van der Waals surface area contributed by atoms with Crippen LogP contribution in [0.25, 0.3) is 0 Å². The maximum absolute atomic E-state index is 5.84. The number of aliphatic imine (C=N–C) groups is 1. The van der Waals surface area contributed by atoms with E-state index < -0.39 is 0 Å². The summed E-state index contributed by atoms with van der Waals surface area (Å²) >= 11 is 0. The molecule has 0 bridgehead atoms. The highest BCUT2D eigenvalue weighted by Gasteiger charge is 2.11. The van der Waals surface area contributed by atoms with E-state index >= 15 is 0 Å². The smallest absolute Gasteiger partial charge is 0.191 e. The van der Waals surface area contributed by atoms with Crippen LogP contribution in [0.5, 0.6) is 0 Å². The molecule has 1 fully saturated rings. The molecule has 0 amide bonds. The number of guanidine groups is 1. The number of ether oxygens (including phenoxy) is 2. The largest absolute Gasteiger partial charge is 0.379 e. The Morgan fingerprint density at radius 3 is 2.88 bits per heavy atom. The lowest BCUT2D eigenvalue weighted by molar-refractivity contribution is 0.0673. The highest BCUT2D eigenvalue weighted by molar-refractivity contribution is 5.78. The van der Waals surface area contributed by atoms with Crippen LogP contribution in [0.15, 0.2) is 17.6 Å². The average Bonchev–Trinajstić information content (AvgIpc) is 2.34. The first kappa shape index (κ1) is 13.0. The second-order valence-electron chi connectivity index (χ2n) is 3.53. The van der Waals surface area contributed by atoms with E-state index in [4.69, 9.17) is 15.2 Å². The maximum atomic E-state index is 5.84. The zero-order chi connectivity index (χ0) is 11.6. The van der Waals surface area contributed by atoms with Crippen molar-refractivity contribution in [2.75, 3.05) is 46.1 Å². The number of hydrogen-bond donors (Lipinski definition) is 1. The van der Waals surface area contributed by atoms with Crippen LogP contribution < -0.4 is 5.73 Å². The van der Waals surface area contributed by atoms with Crippen molar-refractivity contribution in [2.45, 2.75) is 6.42 Å². The first-order chi connectivity index (χ1) is 7.84. The fourth-order valence-corrected chi connectivity index (χ4v) is 1.39. The van der Waals surface area contributed by atoms with Crippen LogP contribution in [0.2, 0.25) is 0 Å². The van der Waals surface area contributed by atoms with Gasteiger partial charge >= 0.3 is 0 Å². The first-order valence-electron chi connectivity index (χ1n) is 5.66. The molecular weight excluding hydrogens is 206 g/mol. The summed E-state index contributed by atoms with van der Waals surface area (Å²) in [4.78, 5) is 6.29. The fourth-order valence-electron chi connectivity index (χ4n) is 1.39. The van der Waals surface area contributed by atoms with E-state index in [2.05, 4.69) is 11.6 Å². The van der Waals surface area contributed by atoms with Crippen LogP contribution in [0.1, 0.15) is 6.42 Å². The molecule has 92 valence electrons. The van der Waals surface area contributed by atoms with Crippen LogP contribution in [0.3, 0.4) is 0 Å². The number of rotatable bonds is 6. The van der Waals surface area contributed by atoms with Gasteiger partial charge in [-0.2, -0.15) is 0 Å². The summed E-state index contributed by atoms with van der Waals surface area (Å²) in [5.74, 6) is 0.593. The Kier molecular flexibility index (Phi) is 6.60. The van der Waals surface area contributed by atoms with E-state index in [9.17, 15) is 0 Å². The Labute approximate surface area is 96.9 Å². The first-order valence-corrected chi connectivity index (χ1v) is 5.66. The van der Waals surface area contributed by atoms with Crippen LogP contribution >= 0.6 is 0 Å². The van der Waals surface area contributed by atoms with E-state index in [1.54, 1.807) is 0 Å². The highest BCUT2D eigenvalue weighted by Crippen LogP contribution is 1.95. The Hall–Kier alpha value is -1.07. The van der Waals surface area contributed by atoms with Crippen LogP contribution in [-0.2, 0) is 9.47 Å². The van der Waals surface area contributed by atoms with Gasteiger partial charge in [0.25, 0.3) is 0 Å². The van der Waals surface area contributed by atoms with Gasteiger partial charge in [0.05, 0.1) is 33.0 Å². The van der Waals surface area contributed by atoms with Crippen molar-refractivity contribution < 1.29 is 9.47 Å². The summed E-state index contributed by atoms with van der Waals surface area (Å²) in [6.07, 6.45) is 2.72. The Morgan fingerprint density at radius 2 is 2.19 bits per heavy atom. The molecule has 5 heteroatoms. The molecule has 1 rings (SSSR count). The van der Waals surface area contributed by atoms with Gasteiger partial charge in [0.2, 0.25) is 0 Å². The van der Waals surface area contributed by atoms with Crippen LogP contribution in [-0.4, -0.2) is 56.9 Å². The molecule has 0 aromatic carbocycles. The standard InChI is InChI=1S/C11H21N3O2/c1-2-3-7-15-8-4-13-11(12)14-5-9-16-10-6-14/h2H,1,3-10H2,(H2,12,13). The Balaban J connectivity index is 2.09. The molecule has 0 aromatic rings. The summed E-state index contributed by atoms with van der Waals surface area (Å²) in [5, 5.41) is 0. The molecule has 1 aliphatic heterocycles. The monoisotopic (exact) mass is 227 g/mol. The van der Waals surface area contributed by atoms with Gasteiger partial charge in [0.1, 0.15) is 0 Å². The lowest BCUT2D eigenvalue weighted by atomic mass is 10.4. The molecule has 0 radical (unpaired) electrons. The molecule has 0 aromatic heterocycles. The number of nitrogens with two attached hydrogens (primary N) is 1. The summed E-state index contributed by atoms with van der Waals surface area (Å²) in [5.41, 5.74) is 5.84. The second-order valence-corrected chi connectivity index (χ2v) is 3.53. The molecule has 0 atom stereocenters. The zero-order valence-corrected chi connectivity index (χ0v) is 9.73. The minimum absolute atomic E-state index is 0.593. The molecule has 5 nitrogen and oxygen atoms in total. The minimum Gasteiger partial charge on any atom is -0.379 e. The lowest BCUT2D eigenvalue weighted by Crippen LogP contribution is -2.44. The molecule has 1 aliphatic rings. The molecule has 0 spiro atoms. The van der Waals surface area contributed by atoms with Crippen molar-refractivity contribution in [2.24, 2.45) is 10.7 Å². The zero-order valence-electron chi connectivity index (χ0n) is 9.73. The van der Waals surface area contributed by atoms with Gasteiger partial charge in [-0.1, -0.05) is 6.08 Å². The van der Waals surface area contributed by atoms with Crippen LogP contribution in [0, 0.1) is 0 Å². The molecule has 0 unspecified atom stereocenters. The van der Waals surface area contributed by atoms with Gasteiger partial charge in [-0.3, -0.25) is 4.99 Å². The predicted molar refractivity (Wildman–Crippen MR) is 64.5 cm³/mol. The third kappa shape index (κ3) is 5.14. The van der Waals surface area contributed by atoms with E-state index in [-0.39, 0.29) is 0 Å². The highest BCUT2D eigenvalue weighted by atomic mass is 16.5. The number of nitrogens with zero attached hydrogens (tertiary/aromatic N) is 2. The topological polar surface area (TPSA) is 60.1 Å². The van der Waals surface area contributed by atoms with Gasteiger partial charge in [0, 0.05) is 13.1 Å². The Morgan fingerprint density at radius 1 is 1.44 bits per heavy atom. The van der Waals surface area contributed by atoms with Crippen molar-refractivity contribution in [3.8, 4) is 0 Å². The minimum atomic E-state index is 0.593. The molecule has 1 saturated heterocycles. The van der Waals surface area contributed by atoms with Gasteiger partial charge in [-0.15, -0.1) is 6.58 Å². The molecule has 2 N–H and O–H groups in total. The normalized spacial score (nSPS) is 17.5. The molecule has 0 saturated carbocycles. The maximum Gasteiger partial charge on any atom is 0.191 e. The van der Waals surface area contributed by atoms with Crippen molar-refractivity contribution >= 4 is 5.96 Å². The number of hydrogen-bond acceptors (Lipinski definition) is 3. The summed E-state index contributed by atoms with van der Waals surface area (Å²) in [6.45, 7) is 8.66. The molecule has 16 heavy (non-hydrogen) atoms. The summed E-state index contributed by atoms with van der Waals surface area (Å²) in [7, 11) is 0. The van der Waals surface area contributed by atoms with Crippen molar-refractivity contribution in [3.63, 3.8) is 0 Å². The van der Waals surface area contributed by atoms with E-state index in [0.29, 0.717) is 25.7 Å². The van der Waals surface area contributed by atoms with Gasteiger partial charge < -0.3 is 20.1 Å². The van der Waals surface area contributed by atoms with E-state index in [0.717, 1.165) is 32.7 Å². The third-order valence-electron chi connectivity index (χ3n) is 2.31. The predicted octanol–water partition coefficient (Wildman–Crippen LogP) is 0.226. The van der Waals surface area contributed by atoms with E-state index in [1.807, 2.05) is 11.0 Å². The molecule has 0 aliphatic carbocycles. The molecule has 1 heterocycles. The fraction of sp³-hybridized carbons (Fsp3) is 0.727. The van der Waals surface area contributed by atoms with Gasteiger partial charge in [-0.05, 0) is 6.42 Å². The lowest BCUT2D eigenvalue weighted by Gasteiger charge is -2.27. The van der Waals surface area contributed by atoms with Crippen LogP contribution in [0.4, 0.5) is 0 Å². The number of morpholine rings is 1. The molecular formula is C11H21N3O2. The van der Waals surface area contributed by atoms with Gasteiger partial charge in [0.15, 0.2) is 5.96 Å². The van der Waals surface area contributed by atoms with E-state index in [1.165, 1.54) is 0 Å². The summed E-state index contributed by atoms with van der Waals surface area (Å²) < 4.78 is 10.6. The third-order valence-corrected chi connectivity index (χ3v) is 2.31. The van der Waals surface area contributed by atoms with Crippen molar-refractivity contribution in [1.82, 2.24) is 4.90 Å². The average molecular weight is 227 g/mol.